The number of hydrogen-bond donors (Lipinski definition) is 0. The number of hydrogen-bond acceptors (Lipinski definition) is 4. The van der Waals surface area contributed by atoms with E-state index in [1.54, 1.807) is 14.2 Å². The van der Waals surface area contributed by atoms with E-state index in [4.69, 9.17) is 9.47 Å². The first kappa shape index (κ1) is 15.7. The monoisotopic (exact) mass is 265 g/mol. The Kier molecular flexibility index (Phi) is 6.53. The van der Waals surface area contributed by atoms with E-state index in [0.29, 0.717) is 12.2 Å². The Balaban J connectivity index is 2.73. The summed E-state index contributed by atoms with van der Waals surface area (Å²) in [6.07, 6.45) is 0. The highest BCUT2D eigenvalue weighted by Gasteiger charge is 2.20. The fourth-order valence-electron chi connectivity index (χ4n) is 2.00. The van der Waals surface area contributed by atoms with Crippen molar-refractivity contribution in [3.8, 4) is 5.75 Å². The second kappa shape index (κ2) is 7.92. The third-order valence-electron chi connectivity index (χ3n) is 3.29. The van der Waals surface area contributed by atoms with Gasteiger partial charge in [-0.25, -0.2) is 0 Å². The third-order valence-corrected chi connectivity index (χ3v) is 3.29. The molecule has 0 saturated heterocycles. The maximum absolute atomic E-state index is 12.4. The fourth-order valence-corrected chi connectivity index (χ4v) is 2.00. The lowest BCUT2D eigenvalue weighted by Gasteiger charge is -2.26. The van der Waals surface area contributed by atoms with E-state index >= 15 is 0 Å². The number of carbonyl (C=O) groups excluding carboxylic acids is 1. The van der Waals surface area contributed by atoms with Gasteiger partial charge in [-0.3, -0.25) is 9.69 Å². The molecule has 0 aliphatic rings. The molecule has 19 heavy (non-hydrogen) atoms. The number of ketones is 1. The lowest BCUT2D eigenvalue weighted by atomic mass is 10.0. The van der Waals surface area contributed by atoms with Crippen LogP contribution in [0.4, 0.5) is 0 Å². The highest BCUT2D eigenvalue weighted by atomic mass is 16.5. The van der Waals surface area contributed by atoms with Crippen LogP contribution in [0.1, 0.15) is 24.2 Å². The summed E-state index contributed by atoms with van der Waals surface area (Å²) in [5.74, 6) is 0.886. The van der Waals surface area contributed by atoms with Crippen molar-refractivity contribution in [1.82, 2.24) is 4.90 Å². The lowest BCUT2D eigenvalue weighted by molar-refractivity contribution is 0.0788. The van der Waals surface area contributed by atoms with Crippen LogP contribution in [0.15, 0.2) is 24.3 Å². The second-order valence-electron chi connectivity index (χ2n) is 4.39. The van der Waals surface area contributed by atoms with Gasteiger partial charge in [-0.1, -0.05) is 6.92 Å². The van der Waals surface area contributed by atoms with Gasteiger partial charge in [-0.05, 0) is 37.7 Å². The molecule has 1 unspecified atom stereocenters. The standard InChI is InChI=1S/C15H23NO3/c1-5-16(10-11-18-3)12(2)15(17)13-6-8-14(19-4)9-7-13/h6-9,12H,5,10-11H2,1-4H3. The van der Waals surface area contributed by atoms with Gasteiger partial charge in [0.05, 0.1) is 19.8 Å². The van der Waals surface area contributed by atoms with Crippen molar-refractivity contribution in [3.05, 3.63) is 29.8 Å². The summed E-state index contributed by atoms with van der Waals surface area (Å²) >= 11 is 0. The Bertz CT molecular complexity index is 389. The number of benzene rings is 1. The molecule has 1 aromatic rings. The quantitative estimate of drug-likeness (QED) is 0.676. The van der Waals surface area contributed by atoms with Gasteiger partial charge in [0.25, 0.3) is 0 Å². The normalized spacial score (nSPS) is 12.5. The number of methoxy groups -OCH3 is 2. The summed E-state index contributed by atoms with van der Waals surface area (Å²) in [4.78, 5) is 14.5. The van der Waals surface area contributed by atoms with Gasteiger partial charge >= 0.3 is 0 Å². The van der Waals surface area contributed by atoms with Crippen LogP contribution in [0.25, 0.3) is 0 Å². The summed E-state index contributed by atoms with van der Waals surface area (Å²) in [5, 5.41) is 0. The van der Waals surface area contributed by atoms with Crippen LogP contribution in [0, 0.1) is 0 Å². The predicted molar refractivity (Wildman–Crippen MR) is 75.9 cm³/mol. The topological polar surface area (TPSA) is 38.8 Å². The summed E-state index contributed by atoms with van der Waals surface area (Å²) < 4.78 is 10.2. The number of likely N-dealkylation sites (N-methyl/N-ethyl adjacent to an activating group) is 1. The van der Waals surface area contributed by atoms with Gasteiger partial charge in [0.1, 0.15) is 5.75 Å². The van der Waals surface area contributed by atoms with Crippen LogP contribution in [-0.2, 0) is 4.74 Å². The fraction of sp³-hybridized carbons (Fsp3) is 0.533. The van der Waals surface area contributed by atoms with Crippen molar-refractivity contribution < 1.29 is 14.3 Å². The van der Waals surface area contributed by atoms with Crippen LogP contribution < -0.4 is 4.74 Å². The van der Waals surface area contributed by atoms with Gasteiger partial charge < -0.3 is 9.47 Å². The van der Waals surface area contributed by atoms with Crippen LogP contribution in [0.2, 0.25) is 0 Å². The van der Waals surface area contributed by atoms with E-state index < -0.39 is 0 Å². The number of rotatable bonds is 8. The molecule has 1 rings (SSSR count). The van der Waals surface area contributed by atoms with Crippen molar-refractivity contribution >= 4 is 5.78 Å². The van der Waals surface area contributed by atoms with Gasteiger partial charge in [-0.2, -0.15) is 0 Å². The molecule has 0 N–H and O–H groups in total. The highest BCUT2D eigenvalue weighted by molar-refractivity contribution is 5.99. The van der Waals surface area contributed by atoms with Gasteiger partial charge in [0.15, 0.2) is 5.78 Å². The number of carbonyl (C=O) groups is 1. The molecule has 1 aromatic carbocycles. The third kappa shape index (κ3) is 4.33. The Hall–Kier alpha value is -1.39. The maximum Gasteiger partial charge on any atom is 0.179 e. The van der Waals surface area contributed by atoms with Crippen molar-refractivity contribution in [1.29, 1.82) is 0 Å². The zero-order valence-corrected chi connectivity index (χ0v) is 12.2. The van der Waals surface area contributed by atoms with Crippen LogP contribution in [0.5, 0.6) is 5.75 Å². The first-order valence-corrected chi connectivity index (χ1v) is 6.55. The average molecular weight is 265 g/mol. The zero-order valence-electron chi connectivity index (χ0n) is 12.2. The SMILES string of the molecule is CCN(CCOC)C(C)C(=O)c1ccc(OC)cc1. The van der Waals surface area contributed by atoms with E-state index in [-0.39, 0.29) is 11.8 Å². The summed E-state index contributed by atoms with van der Waals surface area (Å²) in [5.41, 5.74) is 0.712. The molecule has 0 saturated carbocycles. The first-order valence-electron chi connectivity index (χ1n) is 6.55. The van der Waals surface area contributed by atoms with Crippen molar-refractivity contribution in [2.45, 2.75) is 19.9 Å². The highest BCUT2D eigenvalue weighted by Crippen LogP contribution is 2.14. The molecular weight excluding hydrogens is 242 g/mol. The molecule has 0 spiro atoms. The molecule has 0 radical (unpaired) electrons. The summed E-state index contributed by atoms with van der Waals surface area (Å²) in [6.45, 7) is 6.20. The van der Waals surface area contributed by atoms with E-state index in [1.165, 1.54) is 0 Å². The van der Waals surface area contributed by atoms with Gasteiger partial charge in [0, 0.05) is 19.2 Å². The minimum Gasteiger partial charge on any atom is -0.497 e. The molecule has 0 aliphatic heterocycles. The summed E-state index contributed by atoms with van der Waals surface area (Å²) in [7, 11) is 3.28. The molecule has 0 aromatic heterocycles. The number of ether oxygens (including phenoxy) is 2. The zero-order chi connectivity index (χ0) is 14.3. The largest absolute Gasteiger partial charge is 0.497 e. The molecule has 0 aliphatic carbocycles. The van der Waals surface area contributed by atoms with E-state index in [1.807, 2.05) is 38.1 Å². The predicted octanol–water partition coefficient (Wildman–Crippen LogP) is 2.23. The van der Waals surface area contributed by atoms with Crippen molar-refractivity contribution in [3.63, 3.8) is 0 Å². The molecule has 0 heterocycles. The minimum absolute atomic E-state index is 0.126. The van der Waals surface area contributed by atoms with Crippen LogP contribution >= 0.6 is 0 Å². The second-order valence-corrected chi connectivity index (χ2v) is 4.39. The molecule has 4 nitrogen and oxygen atoms in total. The van der Waals surface area contributed by atoms with Crippen LogP contribution in [-0.4, -0.2) is 50.6 Å². The Morgan fingerprint density at radius 3 is 2.37 bits per heavy atom. The van der Waals surface area contributed by atoms with Gasteiger partial charge in [-0.15, -0.1) is 0 Å². The molecule has 1 atom stereocenters. The number of Topliss-reactive ketones (excluding diaryl/α,β-unsaturated/α-hetero) is 1. The molecule has 106 valence electrons. The molecule has 0 fully saturated rings. The Morgan fingerprint density at radius 2 is 1.89 bits per heavy atom. The van der Waals surface area contributed by atoms with Crippen molar-refractivity contribution in [2.75, 3.05) is 33.9 Å². The Morgan fingerprint density at radius 1 is 1.26 bits per heavy atom. The molecule has 4 heteroatoms. The maximum atomic E-state index is 12.4. The molecular formula is C15H23NO3. The molecule has 0 amide bonds. The van der Waals surface area contributed by atoms with E-state index in [9.17, 15) is 4.79 Å². The summed E-state index contributed by atoms with van der Waals surface area (Å²) in [6, 6.07) is 7.09. The average Bonchev–Trinajstić information content (AvgIpc) is 2.47. The number of nitrogens with zero attached hydrogens (tertiary/aromatic N) is 1. The van der Waals surface area contributed by atoms with E-state index in [0.717, 1.165) is 18.8 Å². The lowest BCUT2D eigenvalue weighted by Crippen LogP contribution is -2.40. The minimum atomic E-state index is -0.145. The van der Waals surface area contributed by atoms with Gasteiger partial charge in [0.2, 0.25) is 0 Å². The van der Waals surface area contributed by atoms with Crippen molar-refractivity contribution in [2.24, 2.45) is 0 Å². The molecule has 0 bridgehead atoms. The van der Waals surface area contributed by atoms with E-state index in [2.05, 4.69) is 4.90 Å². The first-order chi connectivity index (χ1) is 9.13. The smallest absolute Gasteiger partial charge is 0.179 e. The Labute approximate surface area is 115 Å². The van der Waals surface area contributed by atoms with Crippen LogP contribution in [0.3, 0.4) is 0 Å².